The van der Waals surface area contributed by atoms with E-state index in [4.69, 9.17) is 0 Å². The Morgan fingerprint density at radius 1 is 1.20 bits per heavy atom. The van der Waals surface area contributed by atoms with Gasteiger partial charge in [0.15, 0.2) is 5.84 Å². The largest absolute Gasteiger partial charge is 0.311 e. The maximum atomic E-state index is 12.5. The van der Waals surface area contributed by atoms with Crippen LogP contribution in [-0.4, -0.2) is 37.5 Å². The molecular weight excluding hydrogens is 414 g/mol. The molecule has 30 heavy (non-hydrogen) atoms. The second kappa shape index (κ2) is 7.22. The number of nitrogens with one attached hydrogen (secondary N) is 2. The average molecular weight is 429 g/mol. The van der Waals surface area contributed by atoms with E-state index in [1.54, 1.807) is 24.3 Å². The Kier molecular flexibility index (Phi) is 4.70. The van der Waals surface area contributed by atoms with Gasteiger partial charge in [-0.2, -0.15) is 8.42 Å². The lowest BCUT2D eigenvalue weighted by atomic mass is 10.1. The molecule has 1 atom stereocenters. The van der Waals surface area contributed by atoms with E-state index in [0.29, 0.717) is 11.3 Å². The molecule has 2 heterocycles. The number of nitro groups is 1. The Labute approximate surface area is 170 Å². The van der Waals surface area contributed by atoms with Crippen molar-refractivity contribution in [3.63, 3.8) is 0 Å². The highest BCUT2D eigenvalue weighted by Crippen LogP contribution is 2.28. The number of fused-ring (bicyclic) bond motifs is 1. The summed E-state index contributed by atoms with van der Waals surface area (Å²) in [6.45, 7) is 0.0366. The van der Waals surface area contributed by atoms with Crippen LogP contribution in [-0.2, 0) is 19.6 Å². The number of non-ortho nitro benzene ring substituents is 1. The minimum atomic E-state index is -3.83. The van der Waals surface area contributed by atoms with Crippen molar-refractivity contribution >= 4 is 39.0 Å². The molecule has 0 radical (unpaired) electrons. The summed E-state index contributed by atoms with van der Waals surface area (Å²) in [6.07, 6.45) is -0.0857. The molecule has 0 spiro atoms. The number of amidine groups is 1. The number of benzene rings is 2. The van der Waals surface area contributed by atoms with Gasteiger partial charge in [-0.3, -0.25) is 30.6 Å². The van der Waals surface area contributed by atoms with E-state index in [-0.39, 0.29) is 35.3 Å². The number of nitrogens with zero attached hydrogens (tertiary/aromatic N) is 3. The summed E-state index contributed by atoms with van der Waals surface area (Å²) < 4.78 is 27.7. The second-order valence-corrected chi connectivity index (χ2v) is 8.28. The number of amides is 2. The zero-order chi connectivity index (χ0) is 21.5. The van der Waals surface area contributed by atoms with Crippen LogP contribution in [0.4, 0.5) is 11.4 Å². The summed E-state index contributed by atoms with van der Waals surface area (Å²) in [5.74, 6) is -1.61. The molecule has 0 aliphatic carbocycles. The van der Waals surface area contributed by atoms with Crippen LogP contribution in [0.1, 0.15) is 12.0 Å². The van der Waals surface area contributed by atoms with Crippen LogP contribution in [0.3, 0.4) is 0 Å². The molecule has 154 valence electrons. The molecule has 2 aliphatic rings. The molecule has 1 saturated heterocycles. The predicted molar refractivity (Wildman–Crippen MR) is 105 cm³/mol. The van der Waals surface area contributed by atoms with Gasteiger partial charge >= 0.3 is 0 Å². The fourth-order valence-corrected chi connectivity index (χ4v) is 4.50. The van der Waals surface area contributed by atoms with Gasteiger partial charge in [0.05, 0.1) is 16.5 Å². The highest BCUT2D eigenvalue weighted by atomic mass is 32.2. The number of rotatable bonds is 3. The van der Waals surface area contributed by atoms with E-state index in [9.17, 15) is 28.1 Å². The second-order valence-electron chi connectivity index (χ2n) is 6.71. The molecule has 12 heteroatoms. The number of anilines is 1. The van der Waals surface area contributed by atoms with E-state index in [2.05, 4.69) is 15.2 Å². The fourth-order valence-electron chi connectivity index (χ4n) is 3.33. The normalized spacial score (nSPS) is 19.2. The van der Waals surface area contributed by atoms with Crippen molar-refractivity contribution < 1.29 is 22.9 Å². The van der Waals surface area contributed by atoms with Gasteiger partial charge in [0.2, 0.25) is 11.8 Å². The standard InChI is InChI=1S/C18H15N5O6S/c24-16-8-11(10-22(16)12-4-3-5-13(9-12)23(26)27)18(25)20-19-17-14-6-1-2-7-15(14)30(28,29)21-17/h1-7,9,11H,8,10H2,(H,19,21)(H,20,25)/t11-/m1/s1. The van der Waals surface area contributed by atoms with Gasteiger partial charge in [0.1, 0.15) is 4.90 Å². The molecule has 2 N–H and O–H groups in total. The van der Waals surface area contributed by atoms with Crippen molar-refractivity contribution in [2.75, 3.05) is 11.4 Å². The minimum absolute atomic E-state index is 0.0150. The first-order valence-electron chi connectivity index (χ1n) is 8.81. The van der Waals surface area contributed by atoms with Gasteiger partial charge in [0, 0.05) is 30.7 Å². The maximum Gasteiger partial charge on any atom is 0.285 e. The topological polar surface area (TPSA) is 151 Å². The number of sulfonamides is 1. The van der Waals surface area contributed by atoms with Crippen LogP contribution < -0.4 is 15.8 Å². The van der Waals surface area contributed by atoms with E-state index in [1.165, 1.54) is 29.2 Å². The van der Waals surface area contributed by atoms with Crippen molar-refractivity contribution in [1.29, 1.82) is 0 Å². The number of nitro benzene ring substituents is 1. The molecule has 2 amide bonds. The van der Waals surface area contributed by atoms with Crippen LogP contribution in [0.25, 0.3) is 0 Å². The van der Waals surface area contributed by atoms with E-state index in [1.807, 2.05) is 0 Å². The lowest BCUT2D eigenvalue weighted by Gasteiger charge is -2.16. The third-order valence-electron chi connectivity index (χ3n) is 4.78. The molecule has 2 aliphatic heterocycles. The third-order valence-corrected chi connectivity index (χ3v) is 6.12. The summed E-state index contributed by atoms with van der Waals surface area (Å²) in [6, 6.07) is 11.8. The smallest absolute Gasteiger partial charge is 0.285 e. The van der Waals surface area contributed by atoms with Gasteiger partial charge in [0.25, 0.3) is 15.7 Å². The van der Waals surface area contributed by atoms with Crippen LogP contribution in [0, 0.1) is 16.0 Å². The van der Waals surface area contributed by atoms with Crippen LogP contribution in [0.15, 0.2) is 57.8 Å². The molecule has 0 unspecified atom stereocenters. The van der Waals surface area contributed by atoms with E-state index in [0.717, 1.165) is 0 Å². The lowest BCUT2D eigenvalue weighted by Crippen LogP contribution is -2.45. The van der Waals surface area contributed by atoms with Crippen molar-refractivity contribution in [3.8, 4) is 0 Å². The molecule has 2 aromatic carbocycles. The summed E-state index contributed by atoms with van der Waals surface area (Å²) in [5, 5.41) is 10.9. The van der Waals surface area contributed by atoms with Crippen molar-refractivity contribution in [3.05, 3.63) is 64.2 Å². The Bertz CT molecular complexity index is 1210. The van der Waals surface area contributed by atoms with Crippen LogP contribution in [0.2, 0.25) is 0 Å². The number of hydrogen-bond acceptors (Lipinski definition) is 7. The number of hydrogen-bond donors (Lipinski definition) is 2. The molecule has 11 nitrogen and oxygen atoms in total. The van der Waals surface area contributed by atoms with Crippen LogP contribution >= 0.6 is 0 Å². The first-order valence-corrected chi connectivity index (χ1v) is 10.3. The first-order chi connectivity index (χ1) is 14.3. The minimum Gasteiger partial charge on any atom is -0.311 e. The summed E-state index contributed by atoms with van der Waals surface area (Å²) >= 11 is 0. The van der Waals surface area contributed by atoms with Crippen LogP contribution in [0.5, 0.6) is 0 Å². The molecule has 0 aromatic heterocycles. The zero-order valence-corrected chi connectivity index (χ0v) is 16.1. The molecule has 4 rings (SSSR count). The number of carbonyl (C=O) groups is 2. The molecule has 0 saturated carbocycles. The quantitative estimate of drug-likeness (QED) is 0.539. The van der Waals surface area contributed by atoms with Gasteiger partial charge < -0.3 is 4.90 Å². The molecule has 0 bridgehead atoms. The average Bonchev–Trinajstić information content (AvgIpc) is 3.24. The fraction of sp³-hybridized carbons (Fsp3) is 0.167. The Morgan fingerprint density at radius 3 is 2.73 bits per heavy atom. The SMILES string of the molecule is O=C(NNC1=NS(=O)(=O)c2ccccc21)[C@@H]1CC(=O)N(c2cccc([N+](=O)[O-])c2)C1. The zero-order valence-electron chi connectivity index (χ0n) is 15.3. The Morgan fingerprint density at radius 2 is 1.97 bits per heavy atom. The van der Waals surface area contributed by atoms with E-state index >= 15 is 0 Å². The molecular formula is C18H15N5O6S. The number of carbonyl (C=O) groups excluding carboxylic acids is 2. The first kappa shape index (κ1) is 19.5. The summed E-state index contributed by atoms with van der Waals surface area (Å²) in [7, 11) is -3.83. The van der Waals surface area contributed by atoms with E-state index < -0.39 is 26.8 Å². The van der Waals surface area contributed by atoms with Crippen molar-refractivity contribution in [2.45, 2.75) is 11.3 Å². The monoisotopic (exact) mass is 429 g/mol. The van der Waals surface area contributed by atoms with Gasteiger partial charge in [-0.1, -0.05) is 18.2 Å². The van der Waals surface area contributed by atoms with Gasteiger partial charge in [-0.25, -0.2) is 0 Å². The highest BCUT2D eigenvalue weighted by Gasteiger charge is 2.36. The van der Waals surface area contributed by atoms with Crippen molar-refractivity contribution in [1.82, 2.24) is 10.9 Å². The number of hydrazine groups is 1. The lowest BCUT2D eigenvalue weighted by molar-refractivity contribution is -0.384. The summed E-state index contributed by atoms with van der Waals surface area (Å²) in [5.41, 5.74) is 5.42. The van der Waals surface area contributed by atoms with Gasteiger partial charge in [-0.15, -0.1) is 4.40 Å². The van der Waals surface area contributed by atoms with Gasteiger partial charge in [-0.05, 0) is 18.2 Å². The Hall–Kier alpha value is -3.80. The molecule has 2 aromatic rings. The summed E-state index contributed by atoms with van der Waals surface area (Å²) in [4.78, 5) is 36.6. The van der Waals surface area contributed by atoms with Crippen molar-refractivity contribution in [2.24, 2.45) is 10.3 Å². The Balaban J connectivity index is 1.44. The predicted octanol–water partition coefficient (Wildman–Crippen LogP) is 0.718. The third kappa shape index (κ3) is 3.48. The molecule has 1 fully saturated rings. The maximum absolute atomic E-state index is 12.5. The highest BCUT2D eigenvalue weighted by molar-refractivity contribution is 7.90.